The molecule has 1 aromatic rings. The molecule has 2 aliphatic rings. The number of aliphatic hydroxyl groups is 1. The number of carbonyl (C=O) groups is 1. The summed E-state index contributed by atoms with van der Waals surface area (Å²) in [5.74, 6) is -0.121. The van der Waals surface area contributed by atoms with Crippen molar-refractivity contribution in [2.75, 3.05) is 20.3 Å². The first-order valence-electron chi connectivity index (χ1n) is 7.68. The van der Waals surface area contributed by atoms with E-state index in [2.05, 4.69) is 10.4 Å². The Labute approximate surface area is 129 Å². The largest absolute Gasteiger partial charge is 0.391 e. The number of hydrogen-bond acceptors (Lipinski definition) is 5. The van der Waals surface area contributed by atoms with Crippen molar-refractivity contribution in [2.45, 2.75) is 50.0 Å². The summed E-state index contributed by atoms with van der Waals surface area (Å²) in [5, 5.41) is 17.3. The Kier molecular flexibility index (Phi) is 4.20. The van der Waals surface area contributed by atoms with Gasteiger partial charge in [-0.05, 0) is 18.9 Å². The van der Waals surface area contributed by atoms with E-state index in [9.17, 15) is 9.90 Å². The van der Waals surface area contributed by atoms with Gasteiger partial charge in [0.15, 0.2) is 5.60 Å². The van der Waals surface area contributed by atoms with Gasteiger partial charge in [0.2, 0.25) is 0 Å². The van der Waals surface area contributed by atoms with Crippen LogP contribution in [0.1, 0.15) is 30.9 Å². The molecule has 2 N–H and O–H groups in total. The molecule has 0 radical (unpaired) electrons. The van der Waals surface area contributed by atoms with E-state index < -0.39 is 11.7 Å². The summed E-state index contributed by atoms with van der Waals surface area (Å²) in [6, 6.07) is -0.344. The number of amides is 1. The van der Waals surface area contributed by atoms with E-state index in [0.717, 1.165) is 5.56 Å². The fraction of sp³-hybridized carbons (Fsp3) is 0.733. The second-order valence-corrected chi connectivity index (χ2v) is 6.18. The van der Waals surface area contributed by atoms with Crippen LogP contribution < -0.4 is 5.32 Å². The predicted molar refractivity (Wildman–Crippen MR) is 78.3 cm³/mol. The van der Waals surface area contributed by atoms with E-state index in [1.165, 1.54) is 0 Å². The highest BCUT2D eigenvalue weighted by molar-refractivity contribution is 5.85. The molecule has 3 atom stereocenters. The minimum Gasteiger partial charge on any atom is -0.391 e. The monoisotopic (exact) mass is 309 g/mol. The van der Waals surface area contributed by atoms with Crippen LogP contribution in [0.15, 0.2) is 12.4 Å². The van der Waals surface area contributed by atoms with Crippen LogP contribution in [0.4, 0.5) is 0 Å². The van der Waals surface area contributed by atoms with E-state index in [-0.39, 0.29) is 18.0 Å². The molecule has 0 spiro atoms. The zero-order valence-corrected chi connectivity index (χ0v) is 13.0. The molecule has 1 saturated carbocycles. The third kappa shape index (κ3) is 2.64. The Hall–Kier alpha value is -1.44. The fourth-order valence-corrected chi connectivity index (χ4v) is 3.24. The first-order valence-corrected chi connectivity index (χ1v) is 7.68. The quantitative estimate of drug-likeness (QED) is 0.828. The van der Waals surface area contributed by atoms with Gasteiger partial charge >= 0.3 is 0 Å². The van der Waals surface area contributed by atoms with Gasteiger partial charge in [-0.3, -0.25) is 9.48 Å². The van der Waals surface area contributed by atoms with Crippen molar-refractivity contribution in [1.82, 2.24) is 15.1 Å². The van der Waals surface area contributed by atoms with Gasteiger partial charge in [-0.15, -0.1) is 0 Å². The first-order chi connectivity index (χ1) is 10.6. The fourth-order valence-electron chi connectivity index (χ4n) is 3.24. The van der Waals surface area contributed by atoms with E-state index in [0.29, 0.717) is 32.5 Å². The molecular weight excluding hydrogens is 286 g/mol. The second kappa shape index (κ2) is 5.98. The van der Waals surface area contributed by atoms with Gasteiger partial charge in [0.05, 0.1) is 24.4 Å². The van der Waals surface area contributed by atoms with Gasteiger partial charge in [0.1, 0.15) is 0 Å². The number of rotatable bonds is 4. The van der Waals surface area contributed by atoms with Crippen LogP contribution in [0, 0.1) is 6.92 Å². The topological polar surface area (TPSA) is 85.6 Å². The molecular formula is C15H23N3O4. The van der Waals surface area contributed by atoms with Gasteiger partial charge in [0.25, 0.3) is 5.91 Å². The van der Waals surface area contributed by atoms with Crippen molar-refractivity contribution >= 4 is 5.91 Å². The summed E-state index contributed by atoms with van der Waals surface area (Å²) in [5.41, 5.74) is 0.214. The Morgan fingerprint density at radius 3 is 2.82 bits per heavy atom. The average Bonchev–Trinajstić information content (AvgIpc) is 2.92. The third-order valence-corrected chi connectivity index (χ3v) is 4.76. The lowest BCUT2D eigenvalue weighted by Crippen LogP contribution is -2.61. The zero-order chi connectivity index (χ0) is 15.7. The number of nitrogens with zero attached hydrogens (tertiary/aromatic N) is 2. The molecule has 2 fully saturated rings. The maximum atomic E-state index is 12.6. The van der Waals surface area contributed by atoms with Crippen molar-refractivity contribution in [3.8, 4) is 0 Å². The van der Waals surface area contributed by atoms with Crippen molar-refractivity contribution in [3.63, 3.8) is 0 Å². The first kappa shape index (κ1) is 15.5. The predicted octanol–water partition coefficient (Wildman–Crippen LogP) is 0.178. The maximum absolute atomic E-state index is 12.6. The van der Waals surface area contributed by atoms with Crippen LogP contribution >= 0.6 is 0 Å². The number of aryl methyl sites for hydroxylation is 1. The van der Waals surface area contributed by atoms with Crippen LogP contribution in [0.3, 0.4) is 0 Å². The summed E-state index contributed by atoms with van der Waals surface area (Å²) >= 11 is 0. The normalized spacial score (nSPS) is 30.6. The Morgan fingerprint density at radius 2 is 2.27 bits per heavy atom. The zero-order valence-electron chi connectivity index (χ0n) is 13.0. The SMILES string of the molecule is COC1(C(=O)N[C@H]2C[C@@H](O)[C@@H]2n2cc(C)cn2)CCOCC1. The molecule has 3 rings (SSSR count). The highest BCUT2D eigenvalue weighted by Crippen LogP contribution is 2.34. The van der Waals surface area contributed by atoms with Crippen LogP contribution in [-0.2, 0) is 14.3 Å². The molecule has 7 heteroatoms. The molecule has 1 aromatic heterocycles. The third-order valence-electron chi connectivity index (χ3n) is 4.76. The molecule has 1 aliphatic heterocycles. The summed E-state index contributed by atoms with van der Waals surface area (Å²) in [7, 11) is 1.56. The van der Waals surface area contributed by atoms with Crippen molar-refractivity contribution in [2.24, 2.45) is 0 Å². The van der Waals surface area contributed by atoms with Crippen molar-refractivity contribution in [1.29, 1.82) is 0 Å². The smallest absolute Gasteiger partial charge is 0.252 e. The van der Waals surface area contributed by atoms with Crippen LogP contribution in [0.25, 0.3) is 0 Å². The van der Waals surface area contributed by atoms with Gasteiger partial charge < -0.3 is 19.9 Å². The summed E-state index contributed by atoms with van der Waals surface area (Å²) < 4.78 is 12.6. The Balaban J connectivity index is 1.68. The lowest BCUT2D eigenvalue weighted by Gasteiger charge is -2.44. The van der Waals surface area contributed by atoms with Crippen molar-refractivity contribution < 1.29 is 19.4 Å². The van der Waals surface area contributed by atoms with Gasteiger partial charge in [-0.25, -0.2) is 0 Å². The van der Waals surface area contributed by atoms with Crippen LogP contribution in [0.2, 0.25) is 0 Å². The van der Waals surface area contributed by atoms with Crippen LogP contribution in [-0.4, -0.2) is 58.9 Å². The number of carbonyl (C=O) groups excluding carboxylic acids is 1. The van der Waals surface area contributed by atoms with E-state index in [1.807, 2.05) is 13.1 Å². The lowest BCUT2D eigenvalue weighted by atomic mass is 9.82. The maximum Gasteiger partial charge on any atom is 0.252 e. The summed E-state index contributed by atoms with van der Waals surface area (Å²) in [6.45, 7) is 3.00. The van der Waals surface area contributed by atoms with Crippen LogP contribution in [0.5, 0.6) is 0 Å². The highest BCUT2D eigenvalue weighted by Gasteiger charge is 2.47. The molecule has 22 heavy (non-hydrogen) atoms. The molecule has 0 unspecified atom stereocenters. The molecule has 0 bridgehead atoms. The van der Waals surface area contributed by atoms with Gasteiger partial charge in [0, 0.05) is 39.4 Å². The summed E-state index contributed by atoms with van der Waals surface area (Å²) in [6.07, 6.45) is 4.78. The average molecular weight is 309 g/mol. The summed E-state index contributed by atoms with van der Waals surface area (Å²) in [4.78, 5) is 12.6. The lowest BCUT2D eigenvalue weighted by molar-refractivity contribution is -0.158. The number of aromatic nitrogens is 2. The number of hydrogen-bond donors (Lipinski definition) is 2. The Morgan fingerprint density at radius 1 is 1.55 bits per heavy atom. The molecule has 1 amide bonds. The van der Waals surface area contributed by atoms with E-state index in [4.69, 9.17) is 9.47 Å². The molecule has 1 saturated heterocycles. The minimum atomic E-state index is -0.816. The number of aliphatic hydroxyl groups excluding tert-OH is 1. The molecule has 7 nitrogen and oxygen atoms in total. The standard InChI is InChI=1S/C15H23N3O4/c1-10-8-16-18(9-10)13-11(7-12(13)19)17-14(20)15(21-2)3-5-22-6-4-15/h8-9,11-13,19H,3-7H2,1-2H3,(H,17,20)/t11-,12+,13+/m0/s1. The number of nitrogens with one attached hydrogen (secondary N) is 1. The van der Waals surface area contributed by atoms with Gasteiger partial charge in [-0.1, -0.05) is 0 Å². The number of ether oxygens (including phenoxy) is 2. The second-order valence-electron chi connectivity index (χ2n) is 6.18. The van der Waals surface area contributed by atoms with Gasteiger partial charge in [-0.2, -0.15) is 5.10 Å². The van der Waals surface area contributed by atoms with E-state index in [1.54, 1.807) is 18.0 Å². The molecule has 1 aliphatic carbocycles. The molecule has 2 heterocycles. The number of methoxy groups -OCH3 is 1. The van der Waals surface area contributed by atoms with Crippen molar-refractivity contribution in [3.05, 3.63) is 18.0 Å². The molecule has 0 aromatic carbocycles. The van der Waals surface area contributed by atoms with E-state index >= 15 is 0 Å². The highest BCUT2D eigenvalue weighted by atomic mass is 16.5. The Bertz CT molecular complexity index is 539. The minimum absolute atomic E-state index is 0.121. The molecule has 122 valence electrons.